The number of thiol groups is 1. The second-order valence-corrected chi connectivity index (χ2v) is 7.27. The van der Waals surface area contributed by atoms with Crippen molar-refractivity contribution >= 4 is 18.6 Å². The molecule has 0 fully saturated rings. The highest BCUT2D eigenvalue weighted by Crippen LogP contribution is 2.41. The van der Waals surface area contributed by atoms with Crippen LogP contribution < -0.4 is 0 Å². The van der Waals surface area contributed by atoms with E-state index < -0.39 is 16.8 Å². The molecule has 4 aromatic rings. The molecule has 0 saturated heterocycles. The van der Waals surface area contributed by atoms with Crippen molar-refractivity contribution in [2.24, 2.45) is 0 Å². The van der Waals surface area contributed by atoms with Crippen LogP contribution in [0.25, 0.3) is 0 Å². The quantitative estimate of drug-likeness (QED) is 0.362. The van der Waals surface area contributed by atoms with Crippen LogP contribution in [-0.2, 0) is 10.3 Å². The normalized spacial score (nSPS) is 12.4. The molecule has 0 spiro atoms. The van der Waals surface area contributed by atoms with E-state index in [-0.39, 0.29) is 0 Å². The summed E-state index contributed by atoms with van der Waals surface area (Å²) in [4.78, 5) is 15.8. The molecular formula is C24H20N2O2S. The molecule has 0 aliphatic carbocycles. The van der Waals surface area contributed by atoms with Crippen molar-refractivity contribution in [3.8, 4) is 0 Å². The van der Waals surface area contributed by atoms with Gasteiger partial charge in [-0.2, -0.15) is 12.6 Å². The Kier molecular flexibility index (Phi) is 5.23. The number of carboxylic acids is 1. The van der Waals surface area contributed by atoms with Gasteiger partial charge in [0.1, 0.15) is 10.8 Å². The molecule has 29 heavy (non-hydrogen) atoms. The predicted octanol–water partition coefficient (Wildman–Crippen LogP) is 4.78. The van der Waals surface area contributed by atoms with E-state index in [0.717, 1.165) is 16.7 Å². The predicted molar refractivity (Wildman–Crippen MR) is 116 cm³/mol. The molecule has 0 radical (unpaired) electrons. The second-order valence-electron chi connectivity index (χ2n) is 6.76. The molecule has 0 bridgehead atoms. The van der Waals surface area contributed by atoms with E-state index in [0.29, 0.717) is 5.69 Å². The highest BCUT2D eigenvalue weighted by Gasteiger charge is 2.38. The zero-order chi connectivity index (χ0) is 20.3. The van der Waals surface area contributed by atoms with Gasteiger partial charge in [-0.05, 0) is 16.7 Å². The maximum absolute atomic E-state index is 11.4. The Morgan fingerprint density at radius 2 is 1.24 bits per heavy atom. The van der Waals surface area contributed by atoms with E-state index in [9.17, 15) is 9.90 Å². The largest absolute Gasteiger partial charge is 0.480 e. The lowest BCUT2D eigenvalue weighted by Crippen LogP contribution is -2.37. The molecule has 1 heterocycles. The first-order chi connectivity index (χ1) is 14.1. The van der Waals surface area contributed by atoms with Gasteiger partial charge in [-0.3, -0.25) is 4.79 Å². The topological polar surface area (TPSA) is 55.1 Å². The summed E-state index contributed by atoms with van der Waals surface area (Å²) in [5, 5.41) is 8.38. The van der Waals surface area contributed by atoms with E-state index in [4.69, 9.17) is 0 Å². The number of carboxylic acid groups (broad SMARTS) is 1. The molecule has 0 aliphatic heterocycles. The first kappa shape index (κ1) is 19.0. The van der Waals surface area contributed by atoms with Crippen molar-refractivity contribution in [1.82, 2.24) is 9.55 Å². The molecule has 4 nitrogen and oxygen atoms in total. The number of hydrogen-bond donors (Lipinski definition) is 2. The Hall–Kier alpha value is -3.31. The maximum Gasteiger partial charge on any atom is 0.322 e. The van der Waals surface area contributed by atoms with Gasteiger partial charge in [-0.15, -0.1) is 0 Å². The molecule has 1 atom stereocenters. The fourth-order valence-electron chi connectivity index (χ4n) is 3.77. The van der Waals surface area contributed by atoms with Crippen LogP contribution in [0, 0.1) is 0 Å². The molecule has 1 N–H and O–H groups in total. The van der Waals surface area contributed by atoms with Crippen LogP contribution in [0.15, 0.2) is 104 Å². The van der Waals surface area contributed by atoms with E-state index in [1.54, 1.807) is 12.5 Å². The van der Waals surface area contributed by atoms with Crippen LogP contribution in [0.2, 0.25) is 0 Å². The number of aliphatic carboxylic acids is 1. The van der Waals surface area contributed by atoms with E-state index >= 15 is 0 Å². The van der Waals surface area contributed by atoms with Crippen LogP contribution in [-0.4, -0.2) is 20.6 Å². The van der Waals surface area contributed by atoms with Crippen LogP contribution in [0.1, 0.15) is 27.6 Å². The molecule has 144 valence electrons. The van der Waals surface area contributed by atoms with Crippen LogP contribution in [0.3, 0.4) is 0 Å². The molecular weight excluding hydrogens is 380 g/mol. The molecule has 1 unspecified atom stereocenters. The summed E-state index contributed by atoms with van der Waals surface area (Å²) in [6, 6.07) is 30.5. The minimum absolute atomic E-state index is 0.396. The standard InChI is InChI=1S/C24H20N2O2S/c27-23(28)22(29)21-16-26(17-25-21)24(18-10-4-1-5-11-18,19-12-6-2-7-13-19)20-14-8-3-9-15-20/h1-17,22,29H,(H,27,28). The van der Waals surface area contributed by atoms with Gasteiger partial charge in [0, 0.05) is 6.20 Å². The number of hydrogen-bond acceptors (Lipinski definition) is 3. The Morgan fingerprint density at radius 3 is 1.62 bits per heavy atom. The molecule has 3 aromatic carbocycles. The average Bonchev–Trinajstić information content (AvgIpc) is 3.26. The third-order valence-corrected chi connectivity index (χ3v) is 5.56. The Bertz CT molecular complexity index is 999. The Morgan fingerprint density at radius 1 is 0.828 bits per heavy atom. The van der Waals surface area contributed by atoms with Gasteiger partial charge in [-0.25, -0.2) is 4.98 Å². The molecule has 0 aliphatic rings. The number of benzene rings is 3. The Labute approximate surface area is 174 Å². The summed E-state index contributed by atoms with van der Waals surface area (Å²) in [7, 11) is 0. The zero-order valence-electron chi connectivity index (χ0n) is 15.6. The highest BCUT2D eigenvalue weighted by molar-refractivity contribution is 7.81. The van der Waals surface area contributed by atoms with Gasteiger partial charge in [-0.1, -0.05) is 91.0 Å². The number of carbonyl (C=O) groups is 1. The third-order valence-electron chi connectivity index (χ3n) is 5.08. The fraction of sp³-hybridized carbons (Fsp3) is 0.0833. The van der Waals surface area contributed by atoms with E-state index in [2.05, 4.69) is 54.0 Å². The van der Waals surface area contributed by atoms with Crippen molar-refractivity contribution in [3.63, 3.8) is 0 Å². The van der Waals surface area contributed by atoms with Gasteiger partial charge in [0.15, 0.2) is 0 Å². The van der Waals surface area contributed by atoms with Gasteiger partial charge in [0.2, 0.25) is 0 Å². The maximum atomic E-state index is 11.4. The molecule has 4 rings (SSSR count). The van der Waals surface area contributed by atoms with Crippen molar-refractivity contribution in [3.05, 3.63) is 126 Å². The number of imidazole rings is 1. The minimum atomic E-state index is -1.02. The Balaban J connectivity index is 2.05. The summed E-state index contributed by atoms with van der Waals surface area (Å²) in [6.45, 7) is 0. The van der Waals surface area contributed by atoms with E-state index in [1.165, 1.54) is 0 Å². The summed E-state index contributed by atoms with van der Waals surface area (Å²) >= 11 is 4.21. The van der Waals surface area contributed by atoms with Crippen molar-refractivity contribution in [2.75, 3.05) is 0 Å². The molecule has 0 saturated carbocycles. The zero-order valence-corrected chi connectivity index (χ0v) is 16.5. The summed E-state index contributed by atoms with van der Waals surface area (Å²) in [6.07, 6.45) is 3.47. The number of nitrogens with zero attached hydrogens (tertiary/aromatic N) is 2. The molecule has 1 aromatic heterocycles. The monoisotopic (exact) mass is 400 g/mol. The van der Waals surface area contributed by atoms with Gasteiger partial charge >= 0.3 is 5.97 Å². The minimum Gasteiger partial charge on any atom is -0.480 e. The first-order valence-electron chi connectivity index (χ1n) is 9.26. The molecule has 0 amide bonds. The number of aromatic nitrogens is 2. The average molecular weight is 401 g/mol. The van der Waals surface area contributed by atoms with Crippen molar-refractivity contribution in [2.45, 2.75) is 10.8 Å². The SMILES string of the molecule is O=C(O)C(S)c1cn(C(c2ccccc2)(c2ccccc2)c2ccccc2)cn1. The number of rotatable bonds is 6. The van der Waals surface area contributed by atoms with Gasteiger partial charge < -0.3 is 9.67 Å². The van der Waals surface area contributed by atoms with Crippen molar-refractivity contribution in [1.29, 1.82) is 0 Å². The van der Waals surface area contributed by atoms with Crippen LogP contribution in [0.5, 0.6) is 0 Å². The second kappa shape index (κ2) is 7.97. The first-order valence-corrected chi connectivity index (χ1v) is 9.77. The highest BCUT2D eigenvalue weighted by atomic mass is 32.1. The third kappa shape index (κ3) is 3.34. The van der Waals surface area contributed by atoms with E-state index in [1.807, 2.05) is 59.2 Å². The lowest BCUT2D eigenvalue weighted by Gasteiger charge is -2.37. The van der Waals surface area contributed by atoms with Crippen LogP contribution >= 0.6 is 12.6 Å². The summed E-state index contributed by atoms with van der Waals surface area (Å²) in [5.74, 6) is -1.02. The fourth-order valence-corrected chi connectivity index (χ4v) is 3.91. The molecule has 5 heteroatoms. The summed E-state index contributed by atoms with van der Waals surface area (Å²) in [5.41, 5.74) is 2.83. The summed E-state index contributed by atoms with van der Waals surface area (Å²) < 4.78 is 1.98. The van der Waals surface area contributed by atoms with Gasteiger partial charge in [0.25, 0.3) is 0 Å². The lowest BCUT2D eigenvalue weighted by atomic mass is 9.77. The smallest absolute Gasteiger partial charge is 0.322 e. The van der Waals surface area contributed by atoms with Crippen molar-refractivity contribution < 1.29 is 9.90 Å². The van der Waals surface area contributed by atoms with Crippen LogP contribution in [0.4, 0.5) is 0 Å². The lowest BCUT2D eigenvalue weighted by molar-refractivity contribution is -0.136. The van der Waals surface area contributed by atoms with Gasteiger partial charge in [0.05, 0.1) is 12.0 Å².